The van der Waals surface area contributed by atoms with Crippen LogP contribution in [-0.4, -0.2) is 46.7 Å². The van der Waals surface area contributed by atoms with Crippen molar-refractivity contribution < 1.29 is 5.11 Å². The van der Waals surface area contributed by atoms with Gasteiger partial charge in [-0.15, -0.1) is 11.8 Å². The van der Waals surface area contributed by atoms with Crippen molar-refractivity contribution in [1.29, 1.82) is 0 Å². The van der Waals surface area contributed by atoms with Crippen LogP contribution in [0.5, 0.6) is 0 Å². The molecule has 12 heavy (non-hydrogen) atoms. The van der Waals surface area contributed by atoms with E-state index in [1.165, 1.54) is 19.5 Å². The number of nitrogens with zero attached hydrogens (tertiary/aromatic N) is 1. The van der Waals surface area contributed by atoms with Crippen LogP contribution in [0.15, 0.2) is 0 Å². The number of aliphatic hydroxyl groups is 1. The Hall–Kier alpha value is 0.270. The summed E-state index contributed by atoms with van der Waals surface area (Å²) in [6.07, 6.45) is 1.27. The van der Waals surface area contributed by atoms with E-state index in [9.17, 15) is 0 Å². The number of hydrogen-bond donors (Lipinski definition) is 1. The Labute approximate surface area is 79.3 Å². The summed E-state index contributed by atoms with van der Waals surface area (Å²) in [4.78, 5) is 2.35. The number of likely N-dealkylation sites (tertiary alicyclic amines) is 1. The molecular formula is C9H19NOS. The highest BCUT2D eigenvalue weighted by Crippen LogP contribution is 2.32. The molecule has 1 heterocycles. The molecule has 0 saturated carbocycles. The molecular weight excluding hydrogens is 170 g/mol. The number of aliphatic hydroxyl groups excluding tert-OH is 1. The molecule has 0 bridgehead atoms. The minimum atomic E-state index is 0.0375. The summed E-state index contributed by atoms with van der Waals surface area (Å²) in [6.45, 7) is 6.87. The van der Waals surface area contributed by atoms with Gasteiger partial charge in [-0.25, -0.2) is 0 Å². The molecule has 1 unspecified atom stereocenters. The monoisotopic (exact) mass is 189 g/mol. The summed E-state index contributed by atoms with van der Waals surface area (Å²) in [6, 6.07) is 0. The number of thioether (sulfide) groups is 1. The zero-order valence-corrected chi connectivity index (χ0v) is 9.02. The standard InChI is InChI=1S/C9H19NOS/c1-9(2,7-11)12-8-4-5-10(3)6-8/h8,11H,4-7H2,1-3H3. The van der Waals surface area contributed by atoms with Crippen LogP contribution >= 0.6 is 11.8 Å². The van der Waals surface area contributed by atoms with Crippen LogP contribution in [0.2, 0.25) is 0 Å². The zero-order chi connectivity index (χ0) is 9.19. The summed E-state index contributed by atoms with van der Waals surface area (Å²) in [7, 11) is 2.16. The molecule has 0 amide bonds. The predicted octanol–water partition coefficient (Wildman–Crippen LogP) is 1.19. The molecule has 0 aliphatic carbocycles. The number of hydrogen-bond acceptors (Lipinski definition) is 3. The van der Waals surface area contributed by atoms with Gasteiger partial charge in [0, 0.05) is 16.5 Å². The zero-order valence-electron chi connectivity index (χ0n) is 8.21. The Balaban J connectivity index is 2.32. The maximum absolute atomic E-state index is 9.09. The van der Waals surface area contributed by atoms with Gasteiger partial charge in [-0.3, -0.25) is 0 Å². The summed E-state index contributed by atoms with van der Waals surface area (Å²) in [5, 5.41) is 9.81. The van der Waals surface area contributed by atoms with Gasteiger partial charge >= 0.3 is 0 Å². The van der Waals surface area contributed by atoms with E-state index >= 15 is 0 Å². The summed E-state index contributed by atoms with van der Waals surface area (Å²) in [5.41, 5.74) is 0. The minimum absolute atomic E-state index is 0.0375. The van der Waals surface area contributed by atoms with Crippen molar-refractivity contribution in [1.82, 2.24) is 4.90 Å². The van der Waals surface area contributed by atoms with E-state index in [1.54, 1.807) is 0 Å². The summed E-state index contributed by atoms with van der Waals surface area (Å²) in [5.74, 6) is 0. The molecule has 0 aromatic heterocycles. The van der Waals surface area contributed by atoms with Crippen molar-refractivity contribution in [3.63, 3.8) is 0 Å². The largest absolute Gasteiger partial charge is 0.395 e. The second-order valence-electron chi connectivity index (χ2n) is 4.21. The van der Waals surface area contributed by atoms with E-state index in [0.29, 0.717) is 0 Å². The minimum Gasteiger partial charge on any atom is -0.395 e. The lowest BCUT2D eigenvalue weighted by Crippen LogP contribution is -2.25. The lowest BCUT2D eigenvalue weighted by Gasteiger charge is -2.24. The molecule has 1 aliphatic rings. The normalized spacial score (nSPS) is 26.5. The van der Waals surface area contributed by atoms with Crippen molar-refractivity contribution in [2.24, 2.45) is 0 Å². The fourth-order valence-electron chi connectivity index (χ4n) is 1.48. The van der Waals surface area contributed by atoms with Gasteiger partial charge < -0.3 is 10.0 Å². The Morgan fingerprint density at radius 2 is 2.25 bits per heavy atom. The van der Waals surface area contributed by atoms with E-state index in [0.717, 1.165) is 5.25 Å². The van der Waals surface area contributed by atoms with Gasteiger partial charge in [-0.2, -0.15) is 0 Å². The van der Waals surface area contributed by atoms with Crippen LogP contribution < -0.4 is 0 Å². The maximum atomic E-state index is 9.09. The molecule has 1 atom stereocenters. The lowest BCUT2D eigenvalue weighted by molar-refractivity contribution is 0.264. The van der Waals surface area contributed by atoms with Crippen molar-refractivity contribution in [2.45, 2.75) is 30.3 Å². The molecule has 1 rings (SSSR count). The third-order valence-electron chi connectivity index (χ3n) is 2.21. The predicted molar refractivity (Wildman–Crippen MR) is 54.7 cm³/mol. The van der Waals surface area contributed by atoms with Crippen molar-refractivity contribution in [2.75, 3.05) is 26.7 Å². The Bertz CT molecular complexity index is 149. The van der Waals surface area contributed by atoms with Crippen molar-refractivity contribution >= 4 is 11.8 Å². The topological polar surface area (TPSA) is 23.5 Å². The molecule has 0 aromatic rings. The smallest absolute Gasteiger partial charge is 0.0572 e. The van der Waals surface area contributed by atoms with Crippen LogP contribution in [0, 0.1) is 0 Å². The highest BCUT2D eigenvalue weighted by atomic mass is 32.2. The molecule has 0 aromatic carbocycles. The molecule has 1 saturated heterocycles. The first-order valence-electron chi connectivity index (χ1n) is 4.51. The second kappa shape index (κ2) is 3.99. The quantitative estimate of drug-likeness (QED) is 0.721. The van der Waals surface area contributed by atoms with Crippen molar-refractivity contribution in [3.05, 3.63) is 0 Å². The molecule has 1 aliphatic heterocycles. The van der Waals surface area contributed by atoms with Gasteiger partial charge in [0.1, 0.15) is 0 Å². The first-order valence-corrected chi connectivity index (χ1v) is 5.39. The fourth-order valence-corrected chi connectivity index (χ4v) is 3.01. The third-order valence-corrected chi connectivity index (χ3v) is 3.70. The van der Waals surface area contributed by atoms with E-state index < -0.39 is 0 Å². The molecule has 72 valence electrons. The van der Waals surface area contributed by atoms with E-state index in [1.807, 2.05) is 11.8 Å². The van der Waals surface area contributed by atoms with Gasteiger partial charge in [0.05, 0.1) is 6.61 Å². The molecule has 2 nitrogen and oxygen atoms in total. The Morgan fingerprint density at radius 1 is 1.58 bits per heavy atom. The number of rotatable bonds is 3. The summed E-state index contributed by atoms with van der Waals surface area (Å²) >= 11 is 1.92. The van der Waals surface area contributed by atoms with Gasteiger partial charge in [0.2, 0.25) is 0 Å². The highest BCUT2D eigenvalue weighted by Gasteiger charge is 2.27. The van der Waals surface area contributed by atoms with Crippen LogP contribution in [0.4, 0.5) is 0 Å². The SMILES string of the molecule is CN1CCC(SC(C)(C)CO)C1. The van der Waals surface area contributed by atoms with Crippen LogP contribution in [0.25, 0.3) is 0 Å². The van der Waals surface area contributed by atoms with Crippen LogP contribution in [0.3, 0.4) is 0 Å². The van der Waals surface area contributed by atoms with E-state index in [2.05, 4.69) is 25.8 Å². The van der Waals surface area contributed by atoms with Gasteiger partial charge in [-0.1, -0.05) is 0 Å². The Morgan fingerprint density at radius 3 is 2.67 bits per heavy atom. The van der Waals surface area contributed by atoms with Gasteiger partial charge in [0.25, 0.3) is 0 Å². The fraction of sp³-hybridized carbons (Fsp3) is 1.00. The molecule has 3 heteroatoms. The first-order chi connectivity index (χ1) is 5.53. The van der Waals surface area contributed by atoms with E-state index in [4.69, 9.17) is 5.11 Å². The van der Waals surface area contributed by atoms with Crippen LogP contribution in [-0.2, 0) is 0 Å². The second-order valence-corrected chi connectivity index (χ2v) is 6.22. The van der Waals surface area contributed by atoms with Crippen LogP contribution in [0.1, 0.15) is 20.3 Å². The van der Waals surface area contributed by atoms with E-state index in [-0.39, 0.29) is 11.4 Å². The average Bonchev–Trinajstić information content (AvgIpc) is 2.35. The third kappa shape index (κ3) is 2.96. The first kappa shape index (κ1) is 10.4. The molecule has 1 fully saturated rings. The lowest BCUT2D eigenvalue weighted by atomic mass is 10.2. The highest BCUT2D eigenvalue weighted by molar-refractivity contribution is 8.01. The average molecular weight is 189 g/mol. The molecule has 1 N–H and O–H groups in total. The molecule has 0 radical (unpaired) electrons. The molecule has 0 spiro atoms. The summed E-state index contributed by atoms with van der Waals surface area (Å²) < 4.78 is 0.0375. The Kier molecular flexibility index (Phi) is 3.44. The van der Waals surface area contributed by atoms with Gasteiger partial charge in [0.15, 0.2) is 0 Å². The van der Waals surface area contributed by atoms with Gasteiger partial charge in [-0.05, 0) is 33.9 Å². The van der Waals surface area contributed by atoms with Crippen molar-refractivity contribution in [3.8, 4) is 0 Å². The maximum Gasteiger partial charge on any atom is 0.0572 e.